The summed E-state index contributed by atoms with van der Waals surface area (Å²) in [7, 11) is 1.55. The number of aromatic nitrogens is 1. The van der Waals surface area contributed by atoms with Crippen LogP contribution < -0.4 is 10.6 Å². The number of hydrogen-bond donors (Lipinski definition) is 2. The highest BCUT2D eigenvalue weighted by Crippen LogP contribution is 2.32. The fourth-order valence-corrected chi connectivity index (χ4v) is 1.71. The van der Waals surface area contributed by atoms with E-state index in [4.69, 9.17) is 4.74 Å². The van der Waals surface area contributed by atoms with Crippen molar-refractivity contribution in [1.29, 1.82) is 0 Å². The van der Waals surface area contributed by atoms with E-state index in [2.05, 4.69) is 15.6 Å². The monoisotopic (exact) mass is 291 g/mol. The molecule has 1 aromatic heterocycles. The first-order chi connectivity index (χ1) is 9.40. The molecule has 1 aromatic rings. The van der Waals surface area contributed by atoms with Gasteiger partial charge in [-0.25, -0.2) is 4.98 Å². The minimum Gasteiger partial charge on any atom is -0.383 e. The van der Waals surface area contributed by atoms with Crippen molar-refractivity contribution < 1.29 is 17.9 Å². The predicted molar refractivity (Wildman–Crippen MR) is 73.0 cm³/mol. The summed E-state index contributed by atoms with van der Waals surface area (Å²) in [5.74, 6) is 0.400. The van der Waals surface area contributed by atoms with Crippen LogP contribution >= 0.6 is 0 Å². The van der Waals surface area contributed by atoms with Crippen molar-refractivity contribution in [1.82, 2.24) is 4.98 Å². The normalized spacial score (nSPS) is 13.1. The first-order valence-corrected chi connectivity index (χ1v) is 6.49. The Morgan fingerprint density at radius 1 is 1.25 bits per heavy atom. The van der Waals surface area contributed by atoms with Crippen molar-refractivity contribution in [2.45, 2.75) is 32.5 Å². The lowest BCUT2D eigenvalue weighted by atomic mass is 10.2. The first kappa shape index (κ1) is 16.6. The standard InChI is InChI=1S/C13H20F3N3O/c1-4-10(8-20-3)18-12-7-9(13(14,15)16)6-11(19-12)17-5-2/h6-7,10H,4-5,8H2,1-3H3,(H2,17,18,19). The molecule has 1 heterocycles. The lowest BCUT2D eigenvalue weighted by Gasteiger charge is -2.18. The fourth-order valence-electron chi connectivity index (χ4n) is 1.71. The van der Waals surface area contributed by atoms with Gasteiger partial charge in [-0.05, 0) is 25.5 Å². The van der Waals surface area contributed by atoms with Crippen LogP contribution in [0.2, 0.25) is 0 Å². The molecule has 1 rings (SSSR count). The quantitative estimate of drug-likeness (QED) is 0.808. The van der Waals surface area contributed by atoms with E-state index in [1.54, 1.807) is 14.0 Å². The molecule has 0 spiro atoms. The van der Waals surface area contributed by atoms with Gasteiger partial charge in [-0.1, -0.05) is 6.92 Å². The highest BCUT2D eigenvalue weighted by molar-refractivity contribution is 5.50. The minimum atomic E-state index is -4.40. The molecule has 0 amide bonds. The van der Waals surface area contributed by atoms with Crippen molar-refractivity contribution in [2.24, 2.45) is 0 Å². The van der Waals surface area contributed by atoms with Crippen LogP contribution in [0.4, 0.5) is 24.8 Å². The fraction of sp³-hybridized carbons (Fsp3) is 0.615. The van der Waals surface area contributed by atoms with Crippen LogP contribution in [-0.2, 0) is 10.9 Å². The molecule has 4 nitrogen and oxygen atoms in total. The number of anilines is 2. The summed E-state index contributed by atoms with van der Waals surface area (Å²) < 4.78 is 43.6. The zero-order valence-corrected chi connectivity index (χ0v) is 11.8. The molecule has 0 aromatic carbocycles. The largest absolute Gasteiger partial charge is 0.416 e. The molecular formula is C13H20F3N3O. The van der Waals surface area contributed by atoms with Crippen molar-refractivity contribution >= 4 is 11.6 Å². The third-order valence-electron chi connectivity index (χ3n) is 2.72. The van der Waals surface area contributed by atoms with Crippen molar-refractivity contribution in [3.05, 3.63) is 17.7 Å². The number of halogens is 3. The summed E-state index contributed by atoms with van der Waals surface area (Å²) in [6.45, 7) is 4.64. The number of ether oxygens (including phenoxy) is 1. The molecule has 0 aliphatic rings. The second-order valence-electron chi connectivity index (χ2n) is 4.36. The predicted octanol–water partition coefficient (Wildman–Crippen LogP) is 3.37. The van der Waals surface area contributed by atoms with Gasteiger partial charge in [0.25, 0.3) is 0 Å². The van der Waals surface area contributed by atoms with Crippen LogP contribution in [0.1, 0.15) is 25.8 Å². The summed E-state index contributed by atoms with van der Waals surface area (Å²) in [4.78, 5) is 4.13. The SMILES string of the molecule is CCNc1cc(C(F)(F)F)cc(NC(CC)COC)n1. The van der Waals surface area contributed by atoms with Gasteiger partial charge in [0, 0.05) is 13.7 Å². The van der Waals surface area contributed by atoms with E-state index in [1.165, 1.54) is 0 Å². The van der Waals surface area contributed by atoms with E-state index in [0.29, 0.717) is 13.2 Å². The minimum absolute atomic E-state index is 0.0783. The van der Waals surface area contributed by atoms with Crippen LogP contribution in [-0.4, -0.2) is 31.3 Å². The Bertz CT molecular complexity index is 424. The molecule has 0 aliphatic carbocycles. The van der Waals surface area contributed by atoms with E-state index >= 15 is 0 Å². The molecule has 0 saturated heterocycles. The third kappa shape index (κ3) is 4.88. The van der Waals surface area contributed by atoms with Crippen molar-refractivity contribution in [3.63, 3.8) is 0 Å². The average Bonchev–Trinajstić information content (AvgIpc) is 2.37. The number of pyridine rings is 1. The summed E-state index contributed by atoms with van der Waals surface area (Å²) >= 11 is 0. The van der Waals surface area contributed by atoms with Gasteiger partial charge in [-0.15, -0.1) is 0 Å². The van der Waals surface area contributed by atoms with Gasteiger partial charge in [0.2, 0.25) is 0 Å². The Hall–Kier alpha value is -1.50. The van der Waals surface area contributed by atoms with E-state index in [1.807, 2.05) is 6.92 Å². The molecule has 2 N–H and O–H groups in total. The Labute approximate surface area is 116 Å². The topological polar surface area (TPSA) is 46.2 Å². The maximum Gasteiger partial charge on any atom is 0.416 e. The van der Waals surface area contributed by atoms with E-state index in [9.17, 15) is 13.2 Å². The smallest absolute Gasteiger partial charge is 0.383 e. The molecular weight excluding hydrogens is 271 g/mol. The molecule has 0 bridgehead atoms. The van der Waals surface area contributed by atoms with Gasteiger partial charge in [-0.2, -0.15) is 13.2 Å². The number of hydrogen-bond acceptors (Lipinski definition) is 4. The van der Waals surface area contributed by atoms with Gasteiger partial charge >= 0.3 is 6.18 Å². The summed E-state index contributed by atoms with van der Waals surface area (Å²) in [5, 5.41) is 5.77. The Morgan fingerprint density at radius 3 is 2.40 bits per heavy atom. The average molecular weight is 291 g/mol. The molecule has 0 aliphatic heterocycles. The zero-order chi connectivity index (χ0) is 15.2. The Kier molecular flexibility index (Phi) is 6.06. The second kappa shape index (κ2) is 7.33. The zero-order valence-electron chi connectivity index (χ0n) is 11.8. The number of rotatable bonds is 7. The Balaban J connectivity index is 3.02. The molecule has 0 fully saturated rings. The maximum atomic E-state index is 12.8. The third-order valence-corrected chi connectivity index (χ3v) is 2.72. The molecule has 20 heavy (non-hydrogen) atoms. The van der Waals surface area contributed by atoms with E-state index in [-0.39, 0.29) is 17.7 Å². The van der Waals surface area contributed by atoms with Crippen molar-refractivity contribution in [2.75, 3.05) is 30.9 Å². The van der Waals surface area contributed by atoms with E-state index in [0.717, 1.165) is 18.6 Å². The van der Waals surface area contributed by atoms with E-state index < -0.39 is 11.7 Å². The second-order valence-corrected chi connectivity index (χ2v) is 4.36. The summed E-state index contributed by atoms with van der Waals surface area (Å²) in [5.41, 5.74) is -0.724. The molecule has 1 unspecified atom stereocenters. The maximum absolute atomic E-state index is 12.8. The molecule has 0 saturated carbocycles. The van der Waals surface area contributed by atoms with Crippen LogP contribution in [0.15, 0.2) is 12.1 Å². The van der Waals surface area contributed by atoms with Gasteiger partial charge in [-0.3, -0.25) is 0 Å². The van der Waals surface area contributed by atoms with Crippen LogP contribution in [0.5, 0.6) is 0 Å². The van der Waals surface area contributed by atoms with Crippen LogP contribution in [0, 0.1) is 0 Å². The van der Waals surface area contributed by atoms with Gasteiger partial charge < -0.3 is 15.4 Å². The number of methoxy groups -OCH3 is 1. The van der Waals surface area contributed by atoms with Gasteiger partial charge in [0.1, 0.15) is 11.6 Å². The van der Waals surface area contributed by atoms with Crippen molar-refractivity contribution in [3.8, 4) is 0 Å². The molecule has 114 valence electrons. The van der Waals surface area contributed by atoms with Gasteiger partial charge in [0.05, 0.1) is 18.2 Å². The Morgan fingerprint density at radius 2 is 1.90 bits per heavy atom. The first-order valence-electron chi connectivity index (χ1n) is 6.49. The summed E-state index contributed by atoms with van der Waals surface area (Å²) in [6, 6.07) is 1.94. The molecule has 0 radical (unpaired) electrons. The lowest BCUT2D eigenvalue weighted by molar-refractivity contribution is -0.137. The lowest BCUT2D eigenvalue weighted by Crippen LogP contribution is -2.25. The van der Waals surface area contributed by atoms with Crippen LogP contribution in [0.25, 0.3) is 0 Å². The highest BCUT2D eigenvalue weighted by Gasteiger charge is 2.31. The number of alkyl halides is 3. The number of nitrogens with one attached hydrogen (secondary N) is 2. The molecule has 1 atom stereocenters. The molecule has 7 heteroatoms. The highest BCUT2D eigenvalue weighted by atomic mass is 19.4. The number of nitrogens with zero attached hydrogens (tertiary/aromatic N) is 1. The van der Waals surface area contributed by atoms with Gasteiger partial charge in [0.15, 0.2) is 0 Å². The summed E-state index contributed by atoms with van der Waals surface area (Å²) in [6.07, 6.45) is -3.67. The van der Waals surface area contributed by atoms with Crippen LogP contribution in [0.3, 0.4) is 0 Å².